The van der Waals surface area contributed by atoms with E-state index in [0.29, 0.717) is 12.6 Å². The molecule has 15 heavy (non-hydrogen) atoms. The Morgan fingerprint density at radius 2 is 2.20 bits per heavy atom. The van der Waals surface area contributed by atoms with Crippen LogP contribution in [0.4, 0.5) is 0 Å². The highest BCUT2D eigenvalue weighted by Crippen LogP contribution is 2.34. The van der Waals surface area contributed by atoms with E-state index in [2.05, 4.69) is 19.2 Å². The quantitative estimate of drug-likeness (QED) is 0.674. The zero-order valence-corrected chi connectivity index (χ0v) is 9.96. The lowest BCUT2D eigenvalue weighted by Gasteiger charge is -2.13. The van der Waals surface area contributed by atoms with Crippen LogP contribution in [0.3, 0.4) is 0 Å². The molecule has 1 aliphatic carbocycles. The Balaban J connectivity index is 2.23. The molecule has 0 aromatic carbocycles. The second kappa shape index (κ2) is 6.11. The molecule has 1 rings (SSSR count). The SMILES string of the molecule is CCCC(CN)C(=O)NC1CC1CCC. The van der Waals surface area contributed by atoms with Gasteiger partial charge in [0.15, 0.2) is 0 Å². The van der Waals surface area contributed by atoms with Crippen molar-refractivity contribution < 1.29 is 4.79 Å². The summed E-state index contributed by atoms with van der Waals surface area (Å²) in [4.78, 5) is 11.8. The number of amides is 1. The maximum absolute atomic E-state index is 11.8. The summed E-state index contributed by atoms with van der Waals surface area (Å²) in [5, 5.41) is 3.11. The average molecular weight is 212 g/mol. The molecule has 0 aliphatic heterocycles. The fourth-order valence-corrected chi connectivity index (χ4v) is 2.12. The first-order valence-corrected chi connectivity index (χ1v) is 6.23. The summed E-state index contributed by atoms with van der Waals surface area (Å²) in [6.45, 7) is 4.76. The molecular weight excluding hydrogens is 188 g/mol. The van der Waals surface area contributed by atoms with E-state index in [-0.39, 0.29) is 11.8 Å². The maximum atomic E-state index is 11.8. The van der Waals surface area contributed by atoms with Crippen LogP contribution in [0.5, 0.6) is 0 Å². The van der Waals surface area contributed by atoms with Gasteiger partial charge in [0.25, 0.3) is 0 Å². The van der Waals surface area contributed by atoms with Crippen LogP contribution in [0.2, 0.25) is 0 Å². The summed E-state index contributed by atoms with van der Waals surface area (Å²) in [5.74, 6) is 0.930. The molecule has 3 unspecified atom stereocenters. The number of nitrogens with two attached hydrogens (primary N) is 1. The van der Waals surface area contributed by atoms with E-state index in [1.807, 2.05) is 0 Å². The fraction of sp³-hybridized carbons (Fsp3) is 0.917. The fourth-order valence-electron chi connectivity index (χ4n) is 2.12. The summed E-state index contributed by atoms with van der Waals surface area (Å²) in [6, 6.07) is 0.448. The molecule has 0 spiro atoms. The van der Waals surface area contributed by atoms with Gasteiger partial charge in [-0.25, -0.2) is 0 Å². The van der Waals surface area contributed by atoms with Crippen LogP contribution in [0.25, 0.3) is 0 Å². The van der Waals surface area contributed by atoms with E-state index in [0.717, 1.165) is 18.8 Å². The molecule has 88 valence electrons. The molecule has 0 saturated heterocycles. The molecule has 0 heterocycles. The van der Waals surface area contributed by atoms with E-state index in [1.165, 1.54) is 19.3 Å². The lowest BCUT2D eigenvalue weighted by molar-refractivity contribution is -0.125. The number of rotatable bonds is 7. The van der Waals surface area contributed by atoms with Gasteiger partial charge in [-0.2, -0.15) is 0 Å². The normalized spacial score (nSPS) is 26.1. The minimum absolute atomic E-state index is 0.0258. The van der Waals surface area contributed by atoms with Crippen molar-refractivity contribution in [3.05, 3.63) is 0 Å². The van der Waals surface area contributed by atoms with Gasteiger partial charge in [0.05, 0.1) is 5.92 Å². The van der Waals surface area contributed by atoms with Gasteiger partial charge < -0.3 is 11.1 Å². The highest BCUT2D eigenvalue weighted by Gasteiger charge is 2.37. The minimum Gasteiger partial charge on any atom is -0.353 e. The van der Waals surface area contributed by atoms with Crippen molar-refractivity contribution >= 4 is 5.91 Å². The number of hydrogen-bond donors (Lipinski definition) is 2. The van der Waals surface area contributed by atoms with Crippen LogP contribution in [-0.2, 0) is 4.79 Å². The van der Waals surface area contributed by atoms with Crippen molar-refractivity contribution in [3.63, 3.8) is 0 Å². The second-order valence-electron chi connectivity index (χ2n) is 4.62. The van der Waals surface area contributed by atoms with E-state index < -0.39 is 0 Å². The van der Waals surface area contributed by atoms with Gasteiger partial charge in [-0.05, 0) is 25.2 Å². The summed E-state index contributed by atoms with van der Waals surface area (Å²) in [6.07, 6.45) is 5.56. The van der Waals surface area contributed by atoms with Crippen molar-refractivity contribution in [1.82, 2.24) is 5.32 Å². The van der Waals surface area contributed by atoms with Gasteiger partial charge in [-0.3, -0.25) is 4.79 Å². The van der Waals surface area contributed by atoms with Crippen LogP contribution in [0.15, 0.2) is 0 Å². The van der Waals surface area contributed by atoms with Crippen molar-refractivity contribution in [1.29, 1.82) is 0 Å². The average Bonchev–Trinajstić information content (AvgIpc) is 2.93. The van der Waals surface area contributed by atoms with Crippen LogP contribution in [0.1, 0.15) is 46.0 Å². The first kappa shape index (κ1) is 12.5. The molecule has 0 aromatic heterocycles. The molecule has 0 radical (unpaired) electrons. The Hall–Kier alpha value is -0.570. The summed E-state index contributed by atoms with van der Waals surface area (Å²) >= 11 is 0. The number of carbonyl (C=O) groups excluding carboxylic acids is 1. The number of hydrogen-bond acceptors (Lipinski definition) is 2. The topological polar surface area (TPSA) is 55.1 Å². The number of carbonyl (C=O) groups is 1. The van der Waals surface area contributed by atoms with Gasteiger partial charge in [-0.15, -0.1) is 0 Å². The zero-order valence-electron chi connectivity index (χ0n) is 9.96. The van der Waals surface area contributed by atoms with Crippen molar-refractivity contribution in [2.75, 3.05) is 6.54 Å². The Morgan fingerprint density at radius 1 is 1.47 bits per heavy atom. The third-order valence-electron chi connectivity index (χ3n) is 3.20. The molecular formula is C12H24N2O. The van der Waals surface area contributed by atoms with Crippen LogP contribution >= 0.6 is 0 Å². The lowest BCUT2D eigenvalue weighted by Crippen LogP contribution is -2.36. The predicted octanol–water partition coefficient (Wildman–Crippen LogP) is 1.67. The Morgan fingerprint density at radius 3 is 2.73 bits per heavy atom. The molecule has 3 atom stereocenters. The predicted molar refractivity (Wildman–Crippen MR) is 62.4 cm³/mol. The molecule has 3 N–H and O–H groups in total. The summed E-state index contributed by atoms with van der Waals surface area (Å²) < 4.78 is 0. The Kier molecular flexibility index (Phi) is 5.09. The van der Waals surface area contributed by atoms with Crippen LogP contribution < -0.4 is 11.1 Å². The maximum Gasteiger partial charge on any atom is 0.224 e. The minimum atomic E-state index is 0.0258. The molecule has 1 saturated carbocycles. The molecule has 1 amide bonds. The second-order valence-corrected chi connectivity index (χ2v) is 4.62. The van der Waals surface area contributed by atoms with E-state index in [9.17, 15) is 4.79 Å². The van der Waals surface area contributed by atoms with Crippen molar-refractivity contribution in [3.8, 4) is 0 Å². The lowest BCUT2D eigenvalue weighted by atomic mass is 10.0. The molecule has 0 aromatic rings. The largest absolute Gasteiger partial charge is 0.353 e. The first-order valence-electron chi connectivity index (χ1n) is 6.23. The highest BCUT2D eigenvalue weighted by molar-refractivity contribution is 5.79. The first-order chi connectivity index (χ1) is 7.22. The molecule has 0 bridgehead atoms. The van der Waals surface area contributed by atoms with Gasteiger partial charge >= 0.3 is 0 Å². The Bertz CT molecular complexity index is 206. The molecule has 1 aliphatic rings. The molecule has 3 heteroatoms. The smallest absolute Gasteiger partial charge is 0.224 e. The van der Waals surface area contributed by atoms with Gasteiger partial charge in [-0.1, -0.05) is 26.7 Å². The molecule has 3 nitrogen and oxygen atoms in total. The number of nitrogens with one attached hydrogen (secondary N) is 1. The van der Waals surface area contributed by atoms with Crippen LogP contribution in [-0.4, -0.2) is 18.5 Å². The third kappa shape index (κ3) is 3.82. The zero-order chi connectivity index (χ0) is 11.3. The van der Waals surface area contributed by atoms with E-state index >= 15 is 0 Å². The van der Waals surface area contributed by atoms with Crippen molar-refractivity contribution in [2.45, 2.75) is 52.0 Å². The summed E-state index contributed by atoms with van der Waals surface area (Å²) in [5.41, 5.74) is 5.59. The Labute approximate surface area is 92.8 Å². The van der Waals surface area contributed by atoms with Crippen LogP contribution in [0, 0.1) is 11.8 Å². The van der Waals surface area contributed by atoms with Gasteiger partial charge in [0.1, 0.15) is 0 Å². The molecule has 1 fully saturated rings. The van der Waals surface area contributed by atoms with E-state index in [4.69, 9.17) is 5.73 Å². The monoisotopic (exact) mass is 212 g/mol. The summed E-state index contributed by atoms with van der Waals surface area (Å²) in [7, 11) is 0. The van der Waals surface area contributed by atoms with Gasteiger partial charge in [0.2, 0.25) is 5.91 Å². The standard InChI is InChI=1S/C12H24N2O/c1-3-5-9-7-11(9)14-12(15)10(8-13)6-4-2/h9-11H,3-8,13H2,1-2H3,(H,14,15). The van der Waals surface area contributed by atoms with Gasteiger partial charge in [0, 0.05) is 12.6 Å². The third-order valence-corrected chi connectivity index (χ3v) is 3.20. The van der Waals surface area contributed by atoms with E-state index in [1.54, 1.807) is 0 Å². The highest BCUT2D eigenvalue weighted by atomic mass is 16.2. The van der Waals surface area contributed by atoms with Crippen molar-refractivity contribution in [2.24, 2.45) is 17.6 Å².